The number of hydrogen-bond donors (Lipinski definition) is 1. The fourth-order valence-corrected chi connectivity index (χ4v) is 2.50. The fourth-order valence-electron chi connectivity index (χ4n) is 2.17. The van der Waals surface area contributed by atoms with Gasteiger partial charge in [0.15, 0.2) is 5.58 Å². The number of carboxylic acids is 1. The third-order valence-electron chi connectivity index (χ3n) is 3.20. The predicted octanol–water partition coefficient (Wildman–Crippen LogP) is 4.74. The number of fused-ring (bicyclic) bond motifs is 1. The molecule has 0 spiro atoms. The van der Waals surface area contributed by atoms with Crippen molar-refractivity contribution in [2.75, 3.05) is 0 Å². The zero-order chi connectivity index (χ0) is 16.4. The number of para-hydroxylation sites is 2. The Labute approximate surface area is 139 Å². The maximum atomic E-state index is 14.0. The van der Waals surface area contributed by atoms with E-state index in [1.807, 2.05) is 6.07 Å². The van der Waals surface area contributed by atoms with Gasteiger partial charge in [-0.3, -0.25) is 4.79 Å². The van der Waals surface area contributed by atoms with Crippen LogP contribution in [0.2, 0.25) is 0 Å². The summed E-state index contributed by atoms with van der Waals surface area (Å²) in [5.41, 5.74) is 1.74. The summed E-state index contributed by atoms with van der Waals surface area (Å²) in [6, 6.07) is 11.7. The lowest BCUT2D eigenvalue weighted by Gasteiger charge is -2.02. The number of hydrogen-bond acceptors (Lipinski definition) is 3. The second kappa shape index (κ2) is 6.34. The molecule has 0 radical (unpaired) electrons. The Bertz CT molecular complexity index is 884. The Kier molecular flexibility index (Phi) is 4.25. The largest absolute Gasteiger partial charge is 0.481 e. The molecule has 0 aliphatic rings. The van der Waals surface area contributed by atoms with Crippen molar-refractivity contribution in [3.05, 3.63) is 64.2 Å². The minimum atomic E-state index is -1.05. The Morgan fingerprint density at radius 3 is 2.78 bits per heavy atom. The summed E-state index contributed by atoms with van der Waals surface area (Å²) in [7, 11) is 0. The van der Waals surface area contributed by atoms with E-state index in [-0.39, 0.29) is 17.9 Å². The van der Waals surface area contributed by atoms with Crippen molar-refractivity contribution in [2.45, 2.75) is 6.42 Å². The quantitative estimate of drug-likeness (QED) is 0.714. The zero-order valence-electron chi connectivity index (χ0n) is 11.8. The van der Waals surface area contributed by atoms with Gasteiger partial charge in [-0.05, 0) is 30.3 Å². The van der Waals surface area contributed by atoms with Gasteiger partial charge in [0.25, 0.3) is 0 Å². The SMILES string of the molecule is O=C(O)C/C(=C/c1ccc(Br)cc1F)c1nc2ccccc2o1. The van der Waals surface area contributed by atoms with E-state index >= 15 is 0 Å². The Balaban J connectivity index is 2.09. The third kappa shape index (κ3) is 3.48. The lowest BCUT2D eigenvalue weighted by atomic mass is 10.1. The minimum absolute atomic E-state index is 0.177. The average Bonchev–Trinajstić information content (AvgIpc) is 2.92. The summed E-state index contributed by atoms with van der Waals surface area (Å²) in [4.78, 5) is 15.4. The van der Waals surface area contributed by atoms with E-state index in [1.54, 1.807) is 30.3 Å². The first-order valence-corrected chi connectivity index (χ1v) is 7.55. The average molecular weight is 376 g/mol. The molecule has 0 unspecified atom stereocenters. The topological polar surface area (TPSA) is 63.3 Å². The van der Waals surface area contributed by atoms with Gasteiger partial charge >= 0.3 is 5.97 Å². The molecule has 0 amide bonds. The van der Waals surface area contributed by atoms with Crippen LogP contribution in [0.1, 0.15) is 17.9 Å². The van der Waals surface area contributed by atoms with Crippen molar-refractivity contribution in [1.29, 1.82) is 0 Å². The minimum Gasteiger partial charge on any atom is -0.481 e. The first-order chi connectivity index (χ1) is 11.0. The molecule has 3 aromatic rings. The number of nitrogens with zero attached hydrogens (tertiary/aromatic N) is 1. The molecule has 0 saturated heterocycles. The number of oxazole rings is 1. The number of benzene rings is 2. The highest BCUT2D eigenvalue weighted by Crippen LogP contribution is 2.26. The van der Waals surface area contributed by atoms with E-state index < -0.39 is 11.8 Å². The molecule has 3 rings (SSSR count). The number of aromatic nitrogens is 1. The van der Waals surface area contributed by atoms with Gasteiger partial charge in [0.05, 0.1) is 6.42 Å². The highest BCUT2D eigenvalue weighted by atomic mass is 79.9. The first kappa shape index (κ1) is 15.4. The Hall–Kier alpha value is -2.47. The highest BCUT2D eigenvalue weighted by Gasteiger charge is 2.15. The Morgan fingerprint density at radius 2 is 2.09 bits per heavy atom. The van der Waals surface area contributed by atoms with Crippen LogP contribution in [0.5, 0.6) is 0 Å². The third-order valence-corrected chi connectivity index (χ3v) is 3.70. The summed E-state index contributed by atoms with van der Waals surface area (Å²) in [6.45, 7) is 0. The van der Waals surface area contributed by atoms with Crippen molar-refractivity contribution in [3.8, 4) is 0 Å². The number of aliphatic carboxylic acids is 1. The monoisotopic (exact) mass is 375 g/mol. The molecular formula is C17H11BrFNO3. The number of carbonyl (C=O) groups is 1. The number of halogens is 2. The van der Waals surface area contributed by atoms with Crippen molar-refractivity contribution in [2.24, 2.45) is 0 Å². The first-order valence-electron chi connectivity index (χ1n) is 6.76. The van der Waals surface area contributed by atoms with Gasteiger partial charge in [-0.1, -0.05) is 34.1 Å². The van der Waals surface area contributed by atoms with Crippen LogP contribution in [-0.2, 0) is 4.79 Å². The molecule has 23 heavy (non-hydrogen) atoms. The van der Waals surface area contributed by atoms with Crippen LogP contribution in [0, 0.1) is 5.82 Å². The van der Waals surface area contributed by atoms with E-state index in [9.17, 15) is 9.18 Å². The molecule has 0 fully saturated rings. The molecule has 4 nitrogen and oxygen atoms in total. The standard InChI is InChI=1S/C17H11BrFNO3/c18-12-6-5-10(13(19)9-12)7-11(8-16(21)22)17-20-14-3-1-2-4-15(14)23-17/h1-7,9H,8H2,(H,21,22)/b11-7-. The van der Waals surface area contributed by atoms with E-state index in [0.29, 0.717) is 21.1 Å². The maximum Gasteiger partial charge on any atom is 0.308 e. The molecule has 1 aromatic heterocycles. The van der Waals surface area contributed by atoms with Crippen LogP contribution in [0.15, 0.2) is 51.4 Å². The summed E-state index contributed by atoms with van der Waals surface area (Å²) < 4.78 is 20.2. The summed E-state index contributed by atoms with van der Waals surface area (Å²) >= 11 is 3.19. The predicted molar refractivity (Wildman–Crippen MR) is 88.2 cm³/mol. The summed E-state index contributed by atoms with van der Waals surface area (Å²) in [5, 5.41) is 9.10. The van der Waals surface area contributed by atoms with Gasteiger partial charge in [-0.25, -0.2) is 9.37 Å². The van der Waals surface area contributed by atoms with E-state index in [0.717, 1.165) is 0 Å². The Morgan fingerprint density at radius 1 is 1.30 bits per heavy atom. The van der Waals surface area contributed by atoms with Crippen molar-refractivity contribution >= 4 is 44.6 Å². The molecule has 0 aliphatic carbocycles. The normalized spacial score (nSPS) is 11.8. The van der Waals surface area contributed by atoms with E-state index in [1.165, 1.54) is 12.1 Å². The lowest BCUT2D eigenvalue weighted by Crippen LogP contribution is -1.98. The van der Waals surface area contributed by atoms with Crippen LogP contribution in [-0.4, -0.2) is 16.1 Å². The maximum absolute atomic E-state index is 14.0. The second-order valence-corrected chi connectivity index (χ2v) is 5.81. The molecule has 0 atom stereocenters. The second-order valence-electron chi connectivity index (χ2n) is 4.89. The fraction of sp³-hybridized carbons (Fsp3) is 0.0588. The van der Waals surface area contributed by atoms with Crippen molar-refractivity contribution in [3.63, 3.8) is 0 Å². The molecule has 1 N–H and O–H groups in total. The summed E-state index contributed by atoms with van der Waals surface area (Å²) in [6.07, 6.45) is 1.13. The highest BCUT2D eigenvalue weighted by molar-refractivity contribution is 9.10. The van der Waals surface area contributed by atoms with Crippen LogP contribution >= 0.6 is 15.9 Å². The van der Waals surface area contributed by atoms with Crippen LogP contribution in [0.25, 0.3) is 22.7 Å². The number of rotatable bonds is 4. The molecule has 6 heteroatoms. The molecule has 116 valence electrons. The van der Waals surface area contributed by atoms with Crippen molar-refractivity contribution < 1.29 is 18.7 Å². The van der Waals surface area contributed by atoms with Gasteiger partial charge in [-0.15, -0.1) is 0 Å². The molecular weight excluding hydrogens is 365 g/mol. The molecule has 1 heterocycles. The number of carboxylic acid groups (broad SMARTS) is 1. The zero-order valence-corrected chi connectivity index (χ0v) is 13.4. The van der Waals surface area contributed by atoms with Gasteiger partial charge in [0.2, 0.25) is 5.89 Å². The lowest BCUT2D eigenvalue weighted by molar-refractivity contribution is -0.135. The van der Waals surface area contributed by atoms with E-state index in [4.69, 9.17) is 9.52 Å². The molecule has 0 aliphatic heterocycles. The van der Waals surface area contributed by atoms with Crippen LogP contribution in [0.4, 0.5) is 4.39 Å². The van der Waals surface area contributed by atoms with Crippen LogP contribution < -0.4 is 0 Å². The van der Waals surface area contributed by atoms with Gasteiger partial charge in [-0.2, -0.15) is 0 Å². The van der Waals surface area contributed by atoms with E-state index in [2.05, 4.69) is 20.9 Å². The van der Waals surface area contributed by atoms with Gasteiger partial charge < -0.3 is 9.52 Å². The molecule has 2 aromatic carbocycles. The molecule has 0 bridgehead atoms. The van der Waals surface area contributed by atoms with Crippen LogP contribution in [0.3, 0.4) is 0 Å². The van der Waals surface area contributed by atoms with Gasteiger partial charge in [0, 0.05) is 15.6 Å². The van der Waals surface area contributed by atoms with Crippen molar-refractivity contribution in [1.82, 2.24) is 4.98 Å². The molecule has 0 saturated carbocycles. The smallest absolute Gasteiger partial charge is 0.308 e. The summed E-state index contributed by atoms with van der Waals surface area (Å²) in [5.74, 6) is -1.33. The van der Waals surface area contributed by atoms with Gasteiger partial charge in [0.1, 0.15) is 11.3 Å².